The number of aromatic hydroxyl groups is 2. The standard InChI is InChI=1S/C31H28ClN3O6/c1-40-30-15-20(7-13-28(30)38)5-11-26(36)25(27(37)12-6-21-8-14-29(39)31(16-21)41-2)17-24-19-35(34-33-24)18-22-3-9-23(32)10-4-22/h3-16,19,25,38-39H,17-18H2,1-2H3/b11-5+,12-6+. The molecule has 4 rings (SSSR count). The molecule has 2 N–H and O–H groups in total. The number of carbonyl (C=O) groups is 2. The highest BCUT2D eigenvalue weighted by molar-refractivity contribution is 6.30. The number of ketones is 2. The van der Waals surface area contributed by atoms with Gasteiger partial charge in [-0.15, -0.1) is 5.10 Å². The van der Waals surface area contributed by atoms with Gasteiger partial charge in [-0.1, -0.05) is 53.2 Å². The van der Waals surface area contributed by atoms with Gasteiger partial charge in [0.15, 0.2) is 34.6 Å². The average Bonchev–Trinajstić information content (AvgIpc) is 3.42. The van der Waals surface area contributed by atoms with Gasteiger partial charge in [-0.05, 0) is 65.2 Å². The maximum absolute atomic E-state index is 13.3. The second kappa shape index (κ2) is 13.5. The summed E-state index contributed by atoms with van der Waals surface area (Å²) in [6, 6.07) is 16.7. The highest BCUT2D eigenvalue weighted by Crippen LogP contribution is 2.28. The number of ether oxygens (including phenoxy) is 2. The number of rotatable bonds is 12. The fraction of sp³-hybridized carbons (Fsp3) is 0.161. The largest absolute Gasteiger partial charge is 0.504 e. The number of phenolic OH excluding ortho intramolecular Hbond substituents is 2. The molecule has 0 aliphatic rings. The van der Waals surface area contributed by atoms with Crippen molar-refractivity contribution in [2.45, 2.75) is 13.0 Å². The highest BCUT2D eigenvalue weighted by Gasteiger charge is 2.25. The number of phenols is 2. The van der Waals surface area contributed by atoms with Crippen molar-refractivity contribution in [1.82, 2.24) is 15.0 Å². The van der Waals surface area contributed by atoms with Gasteiger partial charge in [0, 0.05) is 17.6 Å². The first kappa shape index (κ1) is 29.1. The second-order valence-corrected chi connectivity index (χ2v) is 9.56. The Hall–Kier alpha value is -4.89. The first-order chi connectivity index (χ1) is 19.7. The Bertz CT molecular complexity index is 1520. The lowest BCUT2D eigenvalue weighted by Crippen LogP contribution is -2.23. The summed E-state index contributed by atoms with van der Waals surface area (Å²) in [5.74, 6) is -1.46. The summed E-state index contributed by atoms with van der Waals surface area (Å²) in [4.78, 5) is 26.7. The fourth-order valence-corrected chi connectivity index (χ4v) is 4.15. The van der Waals surface area contributed by atoms with Gasteiger partial charge in [-0.2, -0.15) is 0 Å². The van der Waals surface area contributed by atoms with Crippen LogP contribution in [0, 0.1) is 5.92 Å². The van der Waals surface area contributed by atoms with E-state index in [0.29, 0.717) is 28.4 Å². The minimum Gasteiger partial charge on any atom is -0.504 e. The molecule has 0 atom stereocenters. The van der Waals surface area contributed by atoms with E-state index >= 15 is 0 Å². The number of methoxy groups -OCH3 is 2. The Labute approximate surface area is 241 Å². The molecule has 4 aromatic rings. The third-order valence-corrected chi connectivity index (χ3v) is 6.48. The third kappa shape index (κ3) is 7.83. The molecule has 0 saturated heterocycles. The molecule has 1 aromatic heterocycles. The Balaban J connectivity index is 1.56. The second-order valence-electron chi connectivity index (χ2n) is 9.12. The number of hydrogen-bond donors (Lipinski definition) is 2. The van der Waals surface area contributed by atoms with Crippen LogP contribution in [0.3, 0.4) is 0 Å². The molecule has 0 unspecified atom stereocenters. The summed E-state index contributed by atoms with van der Waals surface area (Å²) in [6.07, 6.45) is 7.48. The molecular formula is C31H28ClN3O6. The van der Waals surface area contributed by atoms with Gasteiger partial charge < -0.3 is 19.7 Å². The van der Waals surface area contributed by atoms with Crippen molar-refractivity contribution >= 4 is 35.3 Å². The predicted molar refractivity (Wildman–Crippen MR) is 155 cm³/mol. The zero-order valence-corrected chi connectivity index (χ0v) is 23.2. The maximum atomic E-state index is 13.3. The van der Waals surface area contributed by atoms with Crippen molar-refractivity contribution in [2.75, 3.05) is 14.2 Å². The van der Waals surface area contributed by atoms with Gasteiger partial charge in [-0.3, -0.25) is 9.59 Å². The first-order valence-electron chi connectivity index (χ1n) is 12.6. The highest BCUT2D eigenvalue weighted by atomic mass is 35.5. The number of aromatic nitrogens is 3. The van der Waals surface area contributed by atoms with Crippen LogP contribution in [0.15, 0.2) is 79.0 Å². The lowest BCUT2D eigenvalue weighted by atomic mass is 9.92. The molecule has 9 nitrogen and oxygen atoms in total. The van der Waals surface area contributed by atoms with Gasteiger partial charge in [-0.25, -0.2) is 4.68 Å². The Kier molecular flexibility index (Phi) is 9.55. The number of nitrogens with zero attached hydrogens (tertiary/aromatic N) is 3. The van der Waals surface area contributed by atoms with Crippen LogP contribution in [0.4, 0.5) is 0 Å². The number of hydrogen-bond acceptors (Lipinski definition) is 8. The van der Waals surface area contributed by atoms with Gasteiger partial charge in [0.1, 0.15) is 0 Å². The smallest absolute Gasteiger partial charge is 0.166 e. The van der Waals surface area contributed by atoms with Crippen LogP contribution in [0.2, 0.25) is 5.02 Å². The van der Waals surface area contributed by atoms with Crippen molar-refractivity contribution in [3.8, 4) is 23.0 Å². The van der Waals surface area contributed by atoms with Gasteiger partial charge in [0.25, 0.3) is 0 Å². The van der Waals surface area contributed by atoms with E-state index in [1.165, 1.54) is 38.5 Å². The fourth-order valence-electron chi connectivity index (χ4n) is 4.02. The summed E-state index contributed by atoms with van der Waals surface area (Å²) < 4.78 is 11.9. The molecule has 0 spiro atoms. The summed E-state index contributed by atoms with van der Waals surface area (Å²) in [5.41, 5.74) is 2.67. The van der Waals surface area contributed by atoms with Crippen LogP contribution in [0.1, 0.15) is 22.4 Å². The number of carbonyl (C=O) groups excluding carboxylic acids is 2. The van der Waals surface area contributed by atoms with E-state index in [1.54, 1.807) is 59.4 Å². The van der Waals surface area contributed by atoms with Crippen LogP contribution >= 0.6 is 11.6 Å². The number of allylic oxidation sites excluding steroid dienone is 2. The Morgan fingerprint density at radius 2 is 1.41 bits per heavy atom. The minimum absolute atomic E-state index is 0.0262. The van der Waals surface area contributed by atoms with Crippen LogP contribution in [0.5, 0.6) is 23.0 Å². The molecular weight excluding hydrogens is 546 g/mol. The Morgan fingerprint density at radius 1 is 0.878 bits per heavy atom. The first-order valence-corrected chi connectivity index (χ1v) is 12.9. The molecule has 41 heavy (non-hydrogen) atoms. The minimum atomic E-state index is -1.07. The normalized spacial score (nSPS) is 11.4. The topological polar surface area (TPSA) is 124 Å². The molecule has 0 aliphatic heterocycles. The van der Waals surface area contributed by atoms with Crippen LogP contribution < -0.4 is 9.47 Å². The molecule has 3 aromatic carbocycles. The quantitative estimate of drug-likeness (QED) is 0.176. The molecule has 0 saturated carbocycles. The van der Waals surface area contributed by atoms with Gasteiger partial charge in [0.2, 0.25) is 0 Å². The molecule has 1 heterocycles. The van der Waals surface area contributed by atoms with Crippen LogP contribution in [-0.4, -0.2) is 51.0 Å². The number of benzene rings is 3. The van der Waals surface area contributed by atoms with Crippen molar-refractivity contribution in [3.05, 3.63) is 106 Å². The third-order valence-electron chi connectivity index (χ3n) is 6.23. The molecule has 0 amide bonds. The molecule has 10 heteroatoms. The molecule has 0 fully saturated rings. The van der Waals surface area contributed by atoms with Crippen LogP contribution in [0.25, 0.3) is 12.2 Å². The molecule has 0 bridgehead atoms. The summed E-state index contributed by atoms with van der Waals surface area (Å²) in [6.45, 7) is 0.446. The summed E-state index contributed by atoms with van der Waals surface area (Å²) in [5, 5.41) is 28.6. The zero-order chi connectivity index (χ0) is 29.4. The zero-order valence-electron chi connectivity index (χ0n) is 22.4. The van der Waals surface area contributed by atoms with E-state index in [2.05, 4.69) is 10.3 Å². The van der Waals surface area contributed by atoms with E-state index < -0.39 is 17.5 Å². The van der Waals surface area contributed by atoms with Crippen molar-refractivity contribution in [1.29, 1.82) is 0 Å². The van der Waals surface area contributed by atoms with E-state index in [-0.39, 0.29) is 29.4 Å². The lowest BCUT2D eigenvalue weighted by molar-refractivity contribution is -0.127. The van der Waals surface area contributed by atoms with E-state index in [0.717, 1.165) is 5.56 Å². The van der Waals surface area contributed by atoms with Crippen molar-refractivity contribution in [2.24, 2.45) is 5.92 Å². The van der Waals surface area contributed by atoms with Crippen molar-refractivity contribution in [3.63, 3.8) is 0 Å². The monoisotopic (exact) mass is 573 g/mol. The van der Waals surface area contributed by atoms with E-state index in [1.807, 2.05) is 12.1 Å². The summed E-state index contributed by atoms with van der Waals surface area (Å²) >= 11 is 5.96. The average molecular weight is 574 g/mol. The van der Waals surface area contributed by atoms with Crippen molar-refractivity contribution < 1.29 is 29.3 Å². The maximum Gasteiger partial charge on any atom is 0.166 e. The van der Waals surface area contributed by atoms with Gasteiger partial charge in [0.05, 0.1) is 32.4 Å². The predicted octanol–water partition coefficient (Wildman–Crippen LogP) is 5.13. The summed E-state index contributed by atoms with van der Waals surface area (Å²) in [7, 11) is 2.86. The molecule has 210 valence electrons. The Morgan fingerprint density at radius 3 is 1.93 bits per heavy atom. The SMILES string of the molecule is COc1cc(/C=C/C(=O)C(Cc2cn(Cc3ccc(Cl)cc3)nn2)C(=O)/C=C/c2ccc(O)c(OC)c2)ccc1O. The van der Waals surface area contributed by atoms with Crippen LogP contribution in [-0.2, 0) is 22.6 Å². The molecule has 0 aliphatic carbocycles. The van der Waals surface area contributed by atoms with E-state index in [4.69, 9.17) is 21.1 Å². The lowest BCUT2D eigenvalue weighted by Gasteiger charge is -2.09. The van der Waals surface area contributed by atoms with Gasteiger partial charge >= 0.3 is 0 Å². The van der Waals surface area contributed by atoms with E-state index in [9.17, 15) is 19.8 Å². The number of halogens is 1. The molecule has 0 radical (unpaired) electrons.